The number of nitrogens with zero attached hydrogens (tertiary/aromatic N) is 3. The zero-order valence-corrected chi connectivity index (χ0v) is 21.3. The zero-order chi connectivity index (χ0) is 25.4. The topological polar surface area (TPSA) is 71.6 Å². The van der Waals surface area contributed by atoms with Crippen LogP contribution in [0.5, 0.6) is 17.2 Å². The van der Waals surface area contributed by atoms with Crippen molar-refractivity contribution in [3.05, 3.63) is 54.1 Å². The van der Waals surface area contributed by atoms with Gasteiger partial charge in [-0.05, 0) is 56.7 Å². The fourth-order valence-corrected chi connectivity index (χ4v) is 5.32. The number of carbonyl (C=O) groups excluding carboxylic acids is 2. The molecule has 0 bridgehead atoms. The molecule has 0 saturated carbocycles. The third kappa shape index (κ3) is 4.53. The molecule has 1 saturated heterocycles. The number of fused-ring (bicyclic) bond motifs is 2. The Morgan fingerprint density at radius 2 is 1.78 bits per heavy atom. The Morgan fingerprint density at radius 3 is 2.50 bits per heavy atom. The number of benzene rings is 2. The average molecular weight is 492 g/mol. The van der Waals surface area contributed by atoms with E-state index in [1.807, 2.05) is 47.4 Å². The highest BCUT2D eigenvalue weighted by Crippen LogP contribution is 2.40. The van der Waals surface area contributed by atoms with Crippen molar-refractivity contribution in [2.24, 2.45) is 0 Å². The molecule has 2 aromatic carbocycles. The van der Waals surface area contributed by atoms with E-state index in [0.29, 0.717) is 44.2 Å². The fraction of sp³-hybridized carbons (Fsp3) is 0.429. The number of hydrogen-bond acceptors (Lipinski definition) is 6. The molecular weight excluding hydrogens is 458 g/mol. The molecule has 0 unspecified atom stereocenters. The highest BCUT2D eigenvalue weighted by atomic mass is 16.6. The van der Waals surface area contributed by atoms with Crippen LogP contribution in [0, 0.1) is 0 Å². The van der Waals surface area contributed by atoms with Gasteiger partial charge >= 0.3 is 0 Å². The largest absolute Gasteiger partial charge is 0.497 e. The third-order valence-corrected chi connectivity index (χ3v) is 7.09. The first-order valence-corrected chi connectivity index (χ1v) is 12.4. The summed E-state index contributed by atoms with van der Waals surface area (Å²) in [6.07, 6.45) is 1.49. The molecule has 3 heterocycles. The molecule has 1 atom stereocenters. The van der Waals surface area contributed by atoms with E-state index in [0.717, 1.165) is 22.6 Å². The SMILES string of the molecule is COc1ccc2c(c1)C(C)=CC(C)(C)N2C(=O)CN1CCN(C(=O)[C@H]2COc3ccccc3O2)CC1. The summed E-state index contributed by atoms with van der Waals surface area (Å²) in [5, 5.41) is 0. The van der Waals surface area contributed by atoms with Gasteiger partial charge in [0.15, 0.2) is 11.5 Å². The first-order chi connectivity index (χ1) is 17.3. The van der Waals surface area contributed by atoms with Crippen molar-refractivity contribution >= 4 is 23.1 Å². The number of anilines is 1. The number of rotatable bonds is 4. The number of allylic oxidation sites excluding steroid dienone is 1. The van der Waals surface area contributed by atoms with Gasteiger partial charge in [0.1, 0.15) is 12.4 Å². The van der Waals surface area contributed by atoms with E-state index in [1.165, 1.54) is 0 Å². The molecule has 5 rings (SSSR count). The lowest BCUT2D eigenvalue weighted by atomic mass is 9.88. The number of hydrogen-bond donors (Lipinski definition) is 0. The molecule has 0 aromatic heterocycles. The van der Waals surface area contributed by atoms with Gasteiger partial charge in [-0.1, -0.05) is 18.2 Å². The van der Waals surface area contributed by atoms with Crippen LogP contribution in [-0.4, -0.2) is 79.7 Å². The van der Waals surface area contributed by atoms with Crippen molar-refractivity contribution in [3.8, 4) is 17.2 Å². The maximum Gasteiger partial charge on any atom is 0.267 e. The van der Waals surface area contributed by atoms with Crippen molar-refractivity contribution in [2.75, 3.05) is 51.3 Å². The molecule has 8 heteroatoms. The number of carbonyl (C=O) groups is 2. The second-order valence-electron chi connectivity index (χ2n) is 10.1. The van der Waals surface area contributed by atoms with Crippen LogP contribution in [0.4, 0.5) is 5.69 Å². The lowest BCUT2D eigenvalue weighted by Crippen LogP contribution is -2.57. The minimum Gasteiger partial charge on any atom is -0.497 e. The number of piperazine rings is 1. The van der Waals surface area contributed by atoms with Gasteiger partial charge < -0.3 is 24.0 Å². The van der Waals surface area contributed by atoms with Crippen molar-refractivity contribution in [1.82, 2.24) is 9.80 Å². The Hall–Kier alpha value is -3.52. The highest BCUT2D eigenvalue weighted by molar-refractivity contribution is 6.01. The molecule has 0 spiro atoms. The van der Waals surface area contributed by atoms with Crippen LogP contribution in [0.2, 0.25) is 0 Å². The molecule has 2 amide bonds. The first kappa shape index (κ1) is 24.2. The Morgan fingerprint density at radius 1 is 1.06 bits per heavy atom. The molecule has 190 valence electrons. The predicted octanol–water partition coefficient (Wildman–Crippen LogP) is 3.21. The average Bonchev–Trinajstić information content (AvgIpc) is 2.87. The van der Waals surface area contributed by atoms with Crippen LogP contribution in [0.3, 0.4) is 0 Å². The highest BCUT2D eigenvalue weighted by Gasteiger charge is 2.38. The van der Waals surface area contributed by atoms with Gasteiger partial charge in [-0.15, -0.1) is 0 Å². The second-order valence-corrected chi connectivity index (χ2v) is 10.1. The van der Waals surface area contributed by atoms with E-state index in [2.05, 4.69) is 31.7 Å². The quantitative estimate of drug-likeness (QED) is 0.654. The summed E-state index contributed by atoms with van der Waals surface area (Å²) >= 11 is 0. The Kier molecular flexibility index (Phi) is 6.38. The van der Waals surface area contributed by atoms with Crippen LogP contribution < -0.4 is 19.1 Å². The molecule has 3 aliphatic heterocycles. The zero-order valence-electron chi connectivity index (χ0n) is 21.3. The van der Waals surface area contributed by atoms with Gasteiger partial charge in [-0.2, -0.15) is 0 Å². The van der Waals surface area contributed by atoms with Crippen molar-refractivity contribution in [3.63, 3.8) is 0 Å². The van der Waals surface area contributed by atoms with Gasteiger partial charge in [0.05, 0.1) is 24.9 Å². The Balaban J connectivity index is 1.21. The number of methoxy groups -OCH3 is 1. The number of ether oxygens (including phenoxy) is 3. The summed E-state index contributed by atoms with van der Waals surface area (Å²) in [6, 6.07) is 13.2. The van der Waals surface area contributed by atoms with E-state index in [1.54, 1.807) is 12.0 Å². The maximum atomic E-state index is 13.6. The van der Waals surface area contributed by atoms with Crippen LogP contribution >= 0.6 is 0 Å². The van der Waals surface area contributed by atoms with E-state index >= 15 is 0 Å². The van der Waals surface area contributed by atoms with Gasteiger partial charge in [-0.3, -0.25) is 14.5 Å². The van der Waals surface area contributed by atoms with Crippen molar-refractivity contribution in [1.29, 1.82) is 0 Å². The maximum absolute atomic E-state index is 13.6. The van der Waals surface area contributed by atoms with Gasteiger partial charge in [0, 0.05) is 31.7 Å². The fourth-order valence-electron chi connectivity index (χ4n) is 5.32. The predicted molar refractivity (Wildman–Crippen MR) is 138 cm³/mol. The van der Waals surface area contributed by atoms with Gasteiger partial charge in [0.2, 0.25) is 12.0 Å². The van der Waals surface area contributed by atoms with Crippen molar-refractivity contribution in [2.45, 2.75) is 32.4 Å². The monoisotopic (exact) mass is 491 g/mol. The first-order valence-electron chi connectivity index (χ1n) is 12.4. The van der Waals surface area contributed by atoms with Crippen LogP contribution in [0.15, 0.2) is 48.5 Å². The molecule has 8 nitrogen and oxygen atoms in total. The van der Waals surface area contributed by atoms with Crippen LogP contribution in [-0.2, 0) is 9.59 Å². The second kappa shape index (κ2) is 9.50. The van der Waals surface area contributed by atoms with Gasteiger partial charge in [-0.25, -0.2) is 0 Å². The molecule has 1 fully saturated rings. The lowest BCUT2D eigenvalue weighted by molar-refractivity contribution is -0.143. The summed E-state index contributed by atoms with van der Waals surface area (Å²) in [5.74, 6) is 1.99. The molecule has 0 N–H and O–H groups in total. The minimum atomic E-state index is -0.647. The van der Waals surface area contributed by atoms with Crippen LogP contribution in [0.1, 0.15) is 26.3 Å². The Bertz CT molecular complexity index is 1200. The van der Waals surface area contributed by atoms with E-state index in [9.17, 15) is 9.59 Å². The van der Waals surface area contributed by atoms with Gasteiger partial charge in [0.25, 0.3) is 5.91 Å². The minimum absolute atomic E-state index is 0.0376. The molecule has 3 aliphatic rings. The van der Waals surface area contributed by atoms with E-state index in [-0.39, 0.29) is 18.4 Å². The Labute approximate surface area is 212 Å². The molecule has 0 aliphatic carbocycles. The summed E-state index contributed by atoms with van der Waals surface area (Å²) < 4.78 is 17.0. The number of para-hydroxylation sites is 2. The normalized spacial score (nSPS) is 20.9. The summed E-state index contributed by atoms with van der Waals surface area (Å²) in [5.41, 5.74) is 2.58. The molecule has 0 radical (unpaired) electrons. The summed E-state index contributed by atoms with van der Waals surface area (Å²) in [7, 11) is 1.65. The lowest BCUT2D eigenvalue weighted by Gasteiger charge is -2.43. The van der Waals surface area contributed by atoms with Crippen molar-refractivity contribution < 1.29 is 23.8 Å². The molecular formula is C28H33N3O5. The summed E-state index contributed by atoms with van der Waals surface area (Å²) in [6.45, 7) is 9.02. The van der Waals surface area contributed by atoms with Crippen LogP contribution in [0.25, 0.3) is 5.57 Å². The standard InChI is InChI=1S/C28H33N3O5/c1-19-16-28(2,3)31(22-10-9-20(34-4)15-21(19)22)26(32)17-29-11-13-30(14-12-29)27(33)25-18-35-23-7-5-6-8-24(23)36-25/h5-10,15-16,25H,11-14,17-18H2,1-4H3/t25-/m1/s1. The molecule has 36 heavy (non-hydrogen) atoms. The third-order valence-electron chi connectivity index (χ3n) is 7.09. The summed E-state index contributed by atoms with van der Waals surface area (Å²) in [4.78, 5) is 32.5. The molecule has 2 aromatic rings. The van der Waals surface area contributed by atoms with E-state index in [4.69, 9.17) is 14.2 Å². The number of amides is 2. The van der Waals surface area contributed by atoms with E-state index < -0.39 is 11.6 Å². The smallest absolute Gasteiger partial charge is 0.267 e.